The van der Waals surface area contributed by atoms with E-state index in [1.807, 2.05) is 0 Å². The normalized spacial score (nSPS) is 10.7. The molecule has 0 unspecified atom stereocenters. The average molecular weight is 377 g/mol. The minimum atomic E-state index is -0.251. The third-order valence-corrected chi connectivity index (χ3v) is 4.24. The molecule has 0 aliphatic carbocycles. The van der Waals surface area contributed by atoms with Crippen molar-refractivity contribution in [1.29, 1.82) is 0 Å². The van der Waals surface area contributed by atoms with E-state index in [2.05, 4.69) is 0 Å². The predicted octanol–water partition coefficient (Wildman–Crippen LogP) is 4.15. The van der Waals surface area contributed by atoms with Crippen molar-refractivity contribution in [3.05, 3.63) is 45.6 Å². The molecule has 0 saturated heterocycles. The van der Waals surface area contributed by atoms with E-state index in [-0.39, 0.29) is 21.8 Å². The first-order valence-electron chi connectivity index (χ1n) is 7.64. The van der Waals surface area contributed by atoms with Crippen molar-refractivity contribution < 1.29 is 23.4 Å². The fraction of sp³-hybridized carbons (Fsp3) is 0.211. The molecule has 0 N–H and O–H groups in total. The van der Waals surface area contributed by atoms with Crippen LogP contribution in [0.3, 0.4) is 0 Å². The molecule has 3 aromatic rings. The van der Waals surface area contributed by atoms with Gasteiger partial charge in [-0.2, -0.15) is 0 Å². The minimum Gasteiger partial charge on any atom is -0.493 e. The van der Waals surface area contributed by atoms with E-state index < -0.39 is 0 Å². The Labute approximate surface area is 154 Å². The lowest BCUT2D eigenvalue weighted by Crippen LogP contribution is -2.03. The molecule has 0 saturated carbocycles. The highest BCUT2D eigenvalue weighted by molar-refractivity contribution is 6.33. The second kappa shape index (κ2) is 7.17. The van der Waals surface area contributed by atoms with Gasteiger partial charge in [0.05, 0.1) is 38.8 Å². The van der Waals surface area contributed by atoms with Gasteiger partial charge in [-0.15, -0.1) is 0 Å². The van der Waals surface area contributed by atoms with Gasteiger partial charge in [0.1, 0.15) is 5.76 Å². The van der Waals surface area contributed by atoms with Gasteiger partial charge in [0.2, 0.25) is 5.75 Å². The summed E-state index contributed by atoms with van der Waals surface area (Å²) in [6.07, 6.45) is 0. The molecule has 1 heterocycles. The van der Waals surface area contributed by atoms with Crippen molar-refractivity contribution in [3.8, 4) is 34.3 Å². The van der Waals surface area contributed by atoms with Crippen LogP contribution in [0.2, 0.25) is 5.02 Å². The van der Waals surface area contributed by atoms with Gasteiger partial charge in [-0.25, -0.2) is 0 Å². The Balaban J connectivity index is 2.29. The minimum absolute atomic E-state index is 0.251. The first-order valence-corrected chi connectivity index (χ1v) is 8.02. The monoisotopic (exact) mass is 376 g/mol. The molecule has 0 aliphatic rings. The Morgan fingerprint density at radius 3 is 2.15 bits per heavy atom. The van der Waals surface area contributed by atoms with E-state index >= 15 is 0 Å². The van der Waals surface area contributed by atoms with E-state index in [1.54, 1.807) is 25.3 Å². The summed E-state index contributed by atoms with van der Waals surface area (Å²) >= 11 is 6.17. The summed E-state index contributed by atoms with van der Waals surface area (Å²) in [5.74, 6) is 2.01. The molecule has 0 radical (unpaired) electrons. The van der Waals surface area contributed by atoms with Crippen LogP contribution in [0.25, 0.3) is 22.3 Å². The maximum atomic E-state index is 12.6. The summed E-state index contributed by atoms with van der Waals surface area (Å²) in [6.45, 7) is 0. The smallest absolute Gasteiger partial charge is 0.206 e. The number of ether oxygens (including phenoxy) is 4. The lowest BCUT2D eigenvalue weighted by atomic mass is 10.1. The van der Waals surface area contributed by atoms with E-state index in [1.165, 1.54) is 33.5 Å². The Bertz CT molecular complexity index is 1020. The van der Waals surface area contributed by atoms with E-state index in [9.17, 15) is 4.79 Å². The largest absolute Gasteiger partial charge is 0.493 e. The molecule has 136 valence electrons. The van der Waals surface area contributed by atoms with Crippen LogP contribution in [0.4, 0.5) is 0 Å². The molecule has 0 spiro atoms. The highest BCUT2D eigenvalue weighted by Crippen LogP contribution is 2.42. The molecule has 0 amide bonds. The molecule has 0 bridgehead atoms. The molecule has 2 aromatic carbocycles. The zero-order valence-electron chi connectivity index (χ0n) is 14.7. The third-order valence-electron chi connectivity index (χ3n) is 3.96. The molecule has 0 atom stereocenters. The van der Waals surface area contributed by atoms with Crippen LogP contribution in [0.15, 0.2) is 39.5 Å². The summed E-state index contributed by atoms with van der Waals surface area (Å²) < 4.78 is 27.1. The zero-order valence-corrected chi connectivity index (χ0v) is 15.5. The molecule has 0 aliphatic heterocycles. The molecule has 3 rings (SSSR count). The van der Waals surface area contributed by atoms with Gasteiger partial charge in [0.25, 0.3) is 0 Å². The highest BCUT2D eigenvalue weighted by Gasteiger charge is 2.19. The summed E-state index contributed by atoms with van der Waals surface area (Å²) in [5, 5.41) is 0.569. The second-order valence-corrected chi connectivity index (χ2v) is 5.75. The number of fused-ring (bicyclic) bond motifs is 1. The molecular formula is C19H17ClO6. The number of hydrogen-bond donors (Lipinski definition) is 0. The Kier molecular flexibility index (Phi) is 4.95. The predicted molar refractivity (Wildman–Crippen MR) is 99.1 cm³/mol. The van der Waals surface area contributed by atoms with Crippen molar-refractivity contribution in [2.75, 3.05) is 28.4 Å². The summed E-state index contributed by atoms with van der Waals surface area (Å²) in [5.41, 5.74) is 0.655. The van der Waals surface area contributed by atoms with Gasteiger partial charge in [-0.05, 0) is 24.3 Å². The molecule has 6 nitrogen and oxygen atoms in total. The van der Waals surface area contributed by atoms with Crippen LogP contribution in [0.5, 0.6) is 23.0 Å². The van der Waals surface area contributed by atoms with Crippen molar-refractivity contribution in [3.63, 3.8) is 0 Å². The van der Waals surface area contributed by atoms with Crippen LogP contribution < -0.4 is 24.4 Å². The van der Waals surface area contributed by atoms with Gasteiger partial charge in [-0.1, -0.05) is 11.6 Å². The van der Waals surface area contributed by atoms with E-state index in [4.69, 9.17) is 35.0 Å². The number of hydrogen-bond acceptors (Lipinski definition) is 6. The van der Waals surface area contributed by atoms with Crippen LogP contribution in [0, 0.1) is 0 Å². The van der Waals surface area contributed by atoms with Crippen LogP contribution in [-0.4, -0.2) is 28.4 Å². The molecule has 0 fully saturated rings. The molecule has 1 aromatic heterocycles. The molecular weight excluding hydrogens is 360 g/mol. The standard InChI is InChI=1S/C19H17ClO6/c1-22-14-6-5-10(7-16(14)23-2)15-9-13(21)11-8-12(20)18(24-3)19(25-4)17(11)26-15/h5-9H,1-4H3. The number of methoxy groups -OCH3 is 4. The van der Waals surface area contributed by atoms with Gasteiger partial charge in [0, 0.05) is 11.6 Å². The van der Waals surface area contributed by atoms with Gasteiger partial charge < -0.3 is 23.4 Å². The Hall–Kier alpha value is -2.86. The van der Waals surface area contributed by atoms with Crippen molar-refractivity contribution in [2.45, 2.75) is 0 Å². The third kappa shape index (κ3) is 2.93. The molecule has 26 heavy (non-hydrogen) atoms. The van der Waals surface area contributed by atoms with Gasteiger partial charge in [-0.3, -0.25) is 4.79 Å². The summed E-state index contributed by atoms with van der Waals surface area (Å²) in [6, 6.07) is 8.12. The van der Waals surface area contributed by atoms with Crippen LogP contribution in [0.1, 0.15) is 0 Å². The summed E-state index contributed by atoms with van der Waals surface area (Å²) in [7, 11) is 6.01. The maximum Gasteiger partial charge on any atom is 0.206 e. The average Bonchev–Trinajstić information content (AvgIpc) is 2.66. The zero-order chi connectivity index (χ0) is 18.8. The van der Waals surface area contributed by atoms with E-state index in [0.29, 0.717) is 34.0 Å². The number of rotatable bonds is 5. The SMILES string of the molecule is COc1ccc(-c2cc(=O)c3cc(Cl)c(OC)c(OC)c3o2)cc1OC. The van der Waals surface area contributed by atoms with Crippen LogP contribution >= 0.6 is 11.6 Å². The van der Waals surface area contributed by atoms with Crippen molar-refractivity contribution in [1.82, 2.24) is 0 Å². The van der Waals surface area contributed by atoms with Crippen molar-refractivity contribution in [2.24, 2.45) is 0 Å². The Morgan fingerprint density at radius 2 is 1.54 bits per heavy atom. The van der Waals surface area contributed by atoms with Gasteiger partial charge >= 0.3 is 0 Å². The fourth-order valence-electron chi connectivity index (χ4n) is 2.72. The molecule has 7 heteroatoms. The van der Waals surface area contributed by atoms with E-state index in [0.717, 1.165) is 0 Å². The lowest BCUT2D eigenvalue weighted by molar-refractivity contribution is 0.353. The first kappa shape index (κ1) is 17.9. The number of halogens is 1. The second-order valence-electron chi connectivity index (χ2n) is 5.35. The van der Waals surface area contributed by atoms with Crippen LogP contribution in [-0.2, 0) is 0 Å². The Morgan fingerprint density at radius 1 is 0.846 bits per heavy atom. The van der Waals surface area contributed by atoms with Crippen molar-refractivity contribution >= 4 is 22.6 Å². The lowest BCUT2D eigenvalue weighted by Gasteiger charge is -2.13. The topological polar surface area (TPSA) is 67.1 Å². The summed E-state index contributed by atoms with van der Waals surface area (Å²) in [4.78, 5) is 12.6. The maximum absolute atomic E-state index is 12.6. The van der Waals surface area contributed by atoms with Gasteiger partial charge in [0.15, 0.2) is 28.3 Å². The first-order chi connectivity index (χ1) is 12.5. The fourth-order valence-corrected chi connectivity index (χ4v) is 2.99. The quantitative estimate of drug-likeness (QED) is 0.666. The number of benzene rings is 2. The highest BCUT2D eigenvalue weighted by atomic mass is 35.5.